The maximum Gasteiger partial charge on any atom is 0.0922 e. The summed E-state index contributed by atoms with van der Waals surface area (Å²) in [5, 5.41) is 0. The minimum absolute atomic E-state index is 0.125. The van der Waals surface area contributed by atoms with Gasteiger partial charge in [0, 0.05) is 19.3 Å². The minimum Gasteiger partial charge on any atom is -0.377 e. The summed E-state index contributed by atoms with van der Waals surface area (Å²) in [5.41, 5.74) is 8.28. The summed E-state index contributed by atoms with van der Waals surface area (Å²) >= 11 is 1.97. The van der Waals surface area contributed by atoms with E-state index in [2.05, 4.69) is 36.1 Å². The lowest BCUT2D eigenvalue weighted by Gasteiger charge is -2.16. The number of alkyl halides is 1. The van der Waals surface area contributed by atoms with Crippen LogP contribution in [0.15, 0.2) is 30.3 Å². The van der Waals surface area contributed by atoms with Gasteiger partial charge in [-0.15, -0.1) is 0 Å². The number of halogens is 1. The molecular weight excluding hydrogens is 273 g/mol. The molecule has 0 bridgehead atoms. The largest absolute Gasteiger partial charge is 0.377 e. The lowest BCUT2D eigenvalue weighted by Crippen LogP contribution is -2.03. The zero-order valence-corrected chi connectivity index (χ0v) is 13.1. The van der Waals surface area contributed by atoms with E-state index in [9.17, 15) is 4.39 Å². The van der Waals surface area contributed by atoms with Crippen LogP contribution in [-0.4, -0.2) is 32.3 Å². The second kappa shape index (κ2) is 9.97. The molecule has 112 valence electrons. The summed E-state index contributed by atoms with van der Waals surface area (Å²) in [7, 11) is 3.13. The fourth-order valence-electron chi connectivity index (χ4n) is 2.22. The van der Waals surface area contributed by atoms with E-state index in [0.717, 1.165) is 17.7 Å². The van der Waals surface area contributed by atoms with Crippen molar-refractivity contribution in [3.63, 3.8) is 0 Å². The van der Waals surface area contributed by atoms with Crippen molar-refractivity contribution in [3.05, 3.63) is 41.5 Å². The van der Waals surface area contributed by atoms with Crippen LogP contribution in [0.2, 0.25) is 0 Å². The van der Waals surface area contributed by atoms with Crippen LogP contribution in [0.3, 0.4) is 0 Å². The van der Waals surface area contributed by atoms with E-state index in [-0.39, 0.29) is 12.8 Å². The quantitative estimate of drug-likeness (QED) is 0.897. The molecule has 1 heterocycles. The van der Waals surface area contributed by atoms with Crippen LogP contribution >= 0.6 is 11.8 Å². The van der Waals surface area contributed by atoms with Crippen molar-refractivity contribution < 1.29 is 9.13 Å². The standard InChI is InChI=1S/C15H19FOS.CH5N/c1-17-15(6-9-16)14-4-2-12(3-5-14)13-7-10-18-11-8-13;1-2/h2-5,7,15H,6,8-11H2,1H3;2H2,1H3. The van der Waals surface area contributed by atoms with Crippen molar-refractivity contribution in [2.75, 3.05) is 32.3 Å². The molecule has 20 heavy (non-hydrogen) atoms. The number of rotatable bonds is 5. The zero-order valence-electron chi connectivity index (χ0n) is 12.3. The summed E-state index contributed by atoms with van der Waals surface area (Å²) in [6.07, 6.45) is 3.75. The lowest BCUT2D eigenvalue weighted by atomic mass is 9.99. The number of hydrogen-bond donors (Lipinski definition) is 1. The van der Waals surface area contributed by atoms with E-state index in [4.69, 9.17) is 4.74 Å². The first-order chi connectivity index (χ1) is 9.85. The molecule has 0 spiro atoms. The molecule has 0 saturated carbocycles. The lowest BCUT2D eigenvalue weighted by molar-refractivity contribution is 0.0890. The normalized spacial score (nSPS) is 15.9. The van der Waals surface area contributed by atoms with E-state index in [0.29, 0.717) is 6.42 Å². The highest BCUT2D eigenvalue weighted by Crippen LogP contribution is 2.28. The second-order valence-electron chi connectivity index (χ2n) is 4.38. The van der Waals surface area contributed by atoms with Gasteiger partial charge >= 0.3 is 0 Å². The number of nitrogens with two attached hydrogens (primary N) is 1. The van der Waals surface area contributed by atoms with Crippen molar-refractivity contribution in [1.29, 1.82) is 0 Å². The third-order valence-electron chi connectivity index (χ3n) is 3.27. The van der Waals surface area contributed by atoms with Gasteiger partial charge in [0.1, 0.15) is 0 Å². The number of ether oxygens (including phenoxy) is 1. The molecule has 0 saturated heterocycles. The zero-order chi connectivity index (χ0) is 14.8. The molecular formula is C16H24FNOS. The van der Waals surface area contributed by atoms with Crippen LogP contribution in [-0.2, 0) is 4.74 Å². The van der Waals surface area contributed by atoms with Gasteiger partial charge in [-0.1, -0.05) is 30.3 Å². The molecule has 2 N–H and O–H groups in total. The molecule has 0 amide bonds. The van der Waals surface area contributed by atoms with Gasteiger partial charge < -0.3 is 10.5 Å². The Balaban J connectivity index is 0.000000956. The molecule has 4 heteroatoms. The maximum atomic E-state index is 12.4. The van der Waals surface area contributed by atoms with Gasteiger partial charge in [0.15, 0.2) is 0 Å². The van der Waals surface area contributed by atoms with Gasteiger partial charge in [0.05, 0.1) is 12.8 Å². The van der Waals surface area contributed by atoms with Gasteiger partial charge in [-0.2, -0.15) is 11.8 Å². The number of benzene rings is 1. The first-order valence-electron chi connectivity index (χ1n) is 6.88. The van der Waals surface area contributed by atoms with Gasteiger partial charge in [-0.05, 0) is 35.9 Å². The van der Waals surface area contributed by atoms with Crippen molar-refractivity contribution >= 4 is 17.3 Å². The van der Waals surface area contributed by atoms with E-state index in [1.165, 1.54) is 23.9 Å². The second-order valence-corrected chi connectivity index (χ2v) is 5.53. The summed E-state index contributed by atoms with van der Waals surface area (Å²) in [4.78, 5) is 0. The van der Waals surface area contributed by atoms with E-state index < -0.39 is 0 Å². The maximum absolute atomic E-state index is 12.4. The molecule has 1 atom stereocenters. The Morgan fingerprint density at radius 1 is 1.30 bits per heavy atom. The molecule has 0 fully saturated rings. The summed E-state index contributed by atoms with van der Waals surface area (Å²) < 4.78 is 17.7. The Labute approximate surface area is 125 Å². The molecule has 0 radical (unpaired) electrons. The van der Waals surface area contributed by atoms with Gasteiger partial charge in [-0.3, -0.25) is 4.39 Å². The average molecular weight is 297 g/mol. The highest BCUT2D eigenvalue weighted by molar-refractivity contribution is 7.99. The van der Waals surface area contributed by atoms with Crippen LogP contribution in [0.1, 0.15) is 30.1 Å². The number of allylic oxidation sites excluding steroid dienone is 1. The number of thioether (sulfide) groups is 1. The molecule has 1 aromatic rings. The Morgan fingerprint density at radius 3 is 2.50 bits per heavy atom. The van der Waals surface area contributed by atoms with Crippen LogP contribution < -0.4 is 5.73 Å². The predicted octanol–water partition coefficient (Wildman–Crippen LogP) is 3.83. The van der Waals surface area contributed by atoms with Gasteiger partial charge in [-0.25, -0.2) is 0 Å². The highest BCUT2D eigenvalue weighted by Gasteiger charge is 2.11. The molecule has 2 rings (SSSR count). The average Bonchev–Trinajstić information content (AvgIpc) is 2.55. The molecule has 1 unspecified atom stereocenters. The van der Waals surface area contributed by atoms with Crippen LogP contribution in [0.25, 0.3) is 5.57 Å². The summed E-state index contributed by atoms with van der Waals surface area (Å²) in [5.74, 6) is 2.32. The third-order valence-corrected chi connectivity index (χ3v) is 4.17. The van der Waals surface area contributed by atoms with Gasteiger partial charge in [0.2, 0.25) is 0 Å². The minimum atomic E-state index is -0.345. The van der Waals surface area contributed by atoms with Crippen molar-refractivity contribution in [2.45, 2.75) is 18.9 Å². The summed E-state index contributed by atoms with van der Waals surface area (Å²) in [6, 6.07) is 8.37. The first kappa shape index (κ1) is 17.2. The van der Waals surface area contributed by atoms with Crippen LogP contribution in [0.4, 0.5) is 4.39 Å². The van der Waals surface area contributed by atoms with E-state index in [1.54, 1.807) is 7.11 Å². The molecule has 0 aliphatic carbocycles. The third kappa shape index (κ3) is 4.93. The first-order valence-corrected chi connectivity index (χ1v) is 8.04. The van der Waals surface area contributed by atoms with Crippen molar-refractivity contribution in [3.8, 4) is 0 Å². The van der Waals surface area contributed by atoms with E-state index >= 15 is 0 Å². The van der Waals surface area contributed by atoms with Gasteiger partial charge in [0.25, 0.3) is 0 Å². The highest BCUT2D eigenvalue weighted by atomic mass is 32.2. The van der Waals surface area contributed by atoms with Crippen LogP contribution in [0, 0.1) is 0 Å². The fourth-order valence-corrected chi connectivity index (χ4v) is 3.07. The molecule has 2 nitrogen and oxygen atoms in total. The SMILES string of the molecule is CN.COC(CCF)c1ccc(C2=CCSCC2)cc1. The van der Waals surface area contributed by atoms with Crippen molar-refractivity contribution in [1.82, 2.24) is 0 Å². The Morgan fingerprint density at radius 2 is 2.00 bits per heavy atom. The Bertz CT molecular complexity index is 405. The molecule has 1 aromatic carbocycles. The Kier molecular flexibility index (Phi) is 8.58. The van der Waals surface area contributed by atoms with E-state index in [1.807, 2.05) is 11.8 Å². The fraction of sp³-hybridized carbons (Fsp3) is 0.500. The predicted molar refractivity (Wildman–Crippen MR) is 86.8 cm³/mol. The van der Waals surface area contributed by atoms with Crippen molar-refractivity contribution in [2.24, 2.45) is 5.73 Å². The molecule has 1 aliphatic rings. The molecule has 0 aromatic heterocycles. The topological polar surface area (TPSA) is 35.2 Å². The number of hydrogen-bond acceptors (Lipinski definition) is 3. The molecule has 1 aliphatic heterocycles. The Hall–Kier alpha value is -0.840. The number of methoxy groups -OCH3 is 1. The van der Waals surface area contributed by atoms with Crippen LogP contribution in [0.5, 0.6) is 0 Å². The smallest absolute Gasteiger partial charge is 0.0922 e. The summed E-state index contributed by atoms with van der Waals surface area (Å²) in [6.45, 7) is -0.345. The monoisotopic (exact) mass is 297 g/mol.